The number of nitrogens with one attached hydrogen (secondary N) is 1. The van der Waals surface area contributed by atoms with E-state index in [1.807, 2.05) is 0 Å². The Labute approximate surface area is 156 Å². The number of ether oxygens (including phenoxy) is 1. The molecule has 3 rings (SSSR count). The summed E-state index contributed by atoms with van der Waals surface area (Å²) in [6.45, 7) is 1.66. The molecule has 1 amide bonds. The summed E-state index contributed by atoms with van der Waals surface area (Å²) in [7, 11) is 0. The van der Waals surface area contributed by atoms with Crippen LogP contribution in [0.15, 0.2) is 48.5 Å². The van der Waals surface area contributed by atoms with Crippen molar-refractivity contribution in [3.05, 3.63) is 65.2 Å². The predicted molar refractivity (Wildman–Crippen MR) is 92.2 cm³/mol. The Morgan fingerprint density at radius 3 is 2.63 bits per heavy atom. The highest BCUT2D eigenvalue weighted by atomic mass is 35.5. The van der Waals surface area contributed by atoms with Crippen molar-refractivity contribution in [3.8, 4) is 11.4 Å². The first-order chi connectivity index (χ1) is 12.7. The van der Waals surface area contributed by atoms with Gasteiger partial charge in [0.15, 0.2) is 0 Å². The van der Waals surface area contributed by atoms with Gasteiger partial charge in [-0.1, -0.05) is 23.7 Å². The minimum Gasteiger partial charge on any atom is -0.406 e. The number of amides is 1. The van der Waals surface area contributed by atoms with E-state index in [1.165, 1.54) is 16.8 Å². The molecule has 0 saturated carbocycles. The average Bonchev–Trinajstić information content (AvgIpc) is 2.95. The number of hydrogen-bond acceptors (Lipinski definition) is 4. The number of hydrogen-bond donors (Lipinski definition) is 1. The maximum atomic E-state index is 12.3. The highest BCUT2D eigenvalue weighted by Crippen LogP contribution is 2.25. The third-order valence-corrected chi connectivity index (χ3v) is 3.59. The van der Waals surface area contributed by atoms with E-state index >= 15 is 0 Å². The van der Waals surface area contributed by atoms with Crippen LogP contribution in [0.1, 0.15) is 16.4 Å². The van der Waals surface area contributed by atoms with Gasteiger partial charge in [-0.3, -0.25) is 4.79 Å². The Hall–Kier alpha value is -3.07. The van der Waals surface area contributed by atoms with Crippen LogP contribution in [0.25, 0.3) is 5.69 Å². The molecule has 10 heteroatoms. The summed E-state index contributed by atoms with van der Waals surface area (Å²) in [6.07, 6.45) is -4.82. The Morgan fingerprint density at radius 2 is 1.93 bits per heavy atom. The fraction of sp³-hybridized carbons (Fsp3) is 0.118. The molecular formula is C17H12ClF3N4O2. The molecule has 0 radical (unpaired) electrons. The lowest BCUT2D eigenvalue weighted by atomic mass is 10.3. The maximum Gasteiger partial charge on any atom is 0.573 e. The minimum absolute atomic E-state index is 0.110. The fourth-order valence-electron chi connectivity index (χ4n) is 2.30. The smallest absolute Gasteiger partial charge is 0.406 e. The second-order valence-corrected chi connectivity index (χ2v) is 5.84. The van der Waals surface area contributed by atoms with E-state index in [-0.39, 0.29) is 11.5 Å². The molecule has 0 spiro atoms. The van der Waals surface area contributed by atoms with Crippen molar-refractivity contribution in [2.24, 2.45) is 0 Å². The van der Waals surface area contributed by atoms with Crippen LogP contribution in [-0.2, 0) is 0 Å². The van der Waals surface area contributed by atoms with Gasteiger partial charge >= 0.3 is 6.36 Å². The molecule has 0 fully saturated rings. The Kier molecular flexibility index (Phi) is 5.04. The summed E-state index contributed by atoms with van der Waals surface area (Å²) >= 11 is 5.95. The molecule has 140 valence electrons. The molecule has 1 aromatic heterocycles. The van der Waals surface area contributed by atoms with E-state index < -0.39 is 18.0 Å². The van der Waals surface area contributed by atoms with Crippen LogP contribution in [0.2, 0.25) is 5.02 Å². The van der Waals surface area contributed by atoms with E-state index in [1.54, 1.807) is 31.2 Å². The lowest BCUT2D eigenvalue weighted by molar-refractivity contribution is -0.274. The number of nitrogens with zero attached hydrogens (tertiary/aromatic N) is 3. The largest absolute Gasteiger partial charge is 0.573 e. The summed E-state index contributed by atoms with van der Waals surface area (Å²) in [5.41, 5.74) is 0.727. The first kappa shape index (κ1) is 18.7. The lowest BCUT2D eigenvalue weighted by Crippen LogP contribution is -2.18. The van der Waals surface area contributed by atoms with Crippen molar-refractivity contribution in [2.45, 2.75) is 13.3 Å². The summed E-state index contributed by atoms with van der Waals surface area (Å²) < 4.78 is 42.1. The van der Waals surface area contributed by atoms with Crippen molar-refractivity contribution >= 4 is 23.2 Å². The number of halogens is 4. The van der Waals surface area contributed by atoms with Crippen LogP contribution in [-0.4, -0.2) is 27.0 Å². The van der Waals surface area contributed by atoms with Gasteiger partial charge in [0.25, 0.3) is 5.91 Å². The third-order valence-electron chi connectivity index (χ3n) is 3.35. The predicted octanol–water partition coefficient (Wildman–Crippen LogP) is 4.38. The molecule has 1 heterocycles. The molecule has 1 N–H and O–H groups in total. The molecule has 0 saturated heterocycles. The lowest BCUT2D eigenvalue weighted by Gasteiger charge is -2.10. The van der Waals surface area contributed by atoms with Gasteiger partial charge in [0.2, 0.25) is 5.82 Å². The molecule has 2 aromatic carbocycles. The zero-order valence-electron chi connectivity index (χ0n) is 13.8. The topological polar surface area (TPSA) is 69.0 Å². The van der Waals surface area contributed by atoms with E-state index in [0.29, 0.717) is 16.5 Å². The average molecular weight is 397 g/mol. The number of rotatable bonds is 4. The molecule has 0 unspecified atom stereocenters. The second kappa shape index (κ2) is 7.28. The standard InChI is InChI=1S/C17H12ClF3N4O2/c1-10-22-15(24-25(10)13-6-2-4-11(18)8-13)16(26)23-12-5-3-7-14(9-12)27-17(19,20)21/h2-9H,1H3,(H,23,26). The number of benzene rings is 2. The molecule has 3 aromatic rings. The summed E-state index contributed by atoms with van der Waals surface area (Å²) in [5, 5.41) is 7.06. The fourth-order valence-corrected chi connectivity index (χ4v) is 2.48. The van der Waals surface area contributed by atoms with Crippen LogP contribution in [0.3, 0.4) is 0 Å². The van der Waals surface area contributed by atoms with Gasteiger partial charge in [-0.05, 0) is 37.3 Å². The van der Waals surface area contributed by atoms with Crippen LogP contribution in [0.5, 0.6) is 5.75 Å². The monoisotopic (exact) mass is 396 g/mol. The first-order valence-corrected chi connectivity index (χ1v) is 7.96. The van der Waals surface area contributed by atoms with Gasteiger partial charge in [0.05, 0.1) is 5.69 Å². The van der Waals surface area contributed by atoms with Gasteiger partial charge in [-0.25, -0.2) is 9.67 Å². The maximum absolute atomic E-state index is 12.3. The van der Waals surface area contributed by atoms with Gasteiger partial charge in [-0.2, -0.15) is 0 Å². The van der Waals surface area contributed by atoms with E-state index in [2.05, 4.69) is 20.1 Å². The van der Waals surface area contributed by atoms with Crippen LogP contribution >= 0.6 is 11.6 Å². The number of carbonyl (C=O) groups excluding carboxylic acids is 1. The summed E-state index contributed by atoms with van der Waals surface area (Å²) in [4.78, 5) is 16.4. The zero-order chi connectivity index (χ0) is 19.6. The molecule has 6 nitrogen and oxygen atoms in total. The zero-order valence-corrected chi connectivity index (χ0v) is 14.5. The number of aromatic nitrogens is 3. The number of anilines is 1. The third kappa shape index (κ3) is 4.76. The quantitative estimate of drug-likeness (QED) is 0.710. The highest BCUT2D eigenvalue weighted by molar-refractivity contribution is 6.30. The van der Waals surface area contributed by atoms with Crippen molar-refractivity contribution in [1.82, 2.24) is 14.8 Å². The van der Waals surface area contributed by atoms with Gasteiger partial charge in [0, 0.05) is 16.8 Å². The Morgan fingerprint density at radius 1 is 1.19 bits per heavy atom. The van der Waals surface area contributed by atoms with E-state index in [9.17, 15) is 18.0 Å². The van der Waals surface area contributed by atoms with Crippen LogP contribution in [0, 0.1) is 6.92 Å². The highest BCUT2D eigenvalue weighted by Gasteiger charge is 2.31. The number of aryl methyl sites for hydroxylation is 1. The molecule has 0 aliphatic carbocycles. The van der Waals surface area contributed by atoms with E-state index in [0.717, 1.165) is 12.1 Å². The van der Waals surface area contributed by atoms with Crippen LogP contribution < -0.4 is 10.1 Å². The summed E-state index contributed by atoms with van der Waals surface area (Å²) in [6, 6.07) is 11.7. The number of carbonyl (C=O) groups is 1. The minimum atomic E-state index is -4.82. The number of alkyl halides is 3. The molecule has 0 aliphatic heterocycles. The van der Waals surface area contributed by atoms with Gasteiger partial charge in [0.1, 0.15) is 11.6 Å². The SMILES string of the molecule is Cc1nc(C(=O)Nc2cccc(OC(F)(F)F)c2)nn1-c1cccc(Cl)c1. The first-order valence-electron chi connectivity index (χ1n) is 7.58. The van der Waals surface area contributed by atoms with Crippen molar-refractivity contribution in [3.63, 3.8) is 0 Å². The molecule has 27 heavy (non-hydrogen) atoms. The van der Waals surface area contributed by atoms with Gasteiger partial charge in [-0.15, -0.1) is 18.3 Å². The van der Waals surface area contributed by atoms with Crippen LogP contribution in [0.4, 0.5) is 18.9 Å². The molecular weight excluding hydrogens is 385 g/mol. The van der Waals surface area contributed by atoms with Crippen molar-refractivity contribution in [2.75, 3.05) is 5.32 Å². The Balaban J connectivity index is 1.79. The van der Waals surface area contributed by atoms with E-state index in [4.69, 9.17) is 11.6 Å². The normalized spacial score (nSPS) is 11.3. The summed E-state index contributed by atoms with van der Waals surface area (Å²) in [5.74, 6) is -0.830. The van der Waals surface area contributed by atoms with Crippen molar-refractivity contribution < 1.29 is 22.7 Å². The van der Waals surface area contributed by atoms with Crippen molar-refractivity contribution in [1.29, 1.82) is 0 Å². The second-order valence-electron chi connectivity index (χ2n) is 5.40. The molecule has 0 aliphatic rings. The molecule has 0 bridgehead atoms. The molecule has 0 atom stereocenters. The Bertz CT molecular complexity index is 988. The van der Waals surface area contributed by atoms with Gasteiger partial charge < -0.3 is 10.1 Å².